The van der Waals surface area contributed by atoms with Gasteiger partial charge in [0.25, 0.3) is 0 Å². The number of carbonyl (C=O) groups is 2. The maximum absolute atomic E-state index is 12.9. The van der Waals surface area contributed by atoms with E-state index >= 15 is 0 Å². The summed E-state index contributed by atoms with van der Waals surface area (Å²) >= 11 is 1.57. The van der Waals surface area contributed by atoms with Crippen molar-refractivity contribution in [2.24, 2.45) is 0 Å². The summed E-state index contributed by atoms with van der Waals surface area (Å²) in [5, 5.41) is 2.55. The summed E-state index contributed by atoms with van der Waals surface area (Å²) < 4.78 is 43.9. The third kappa shape index (κ3) is 4.36. The zero-order valence-corrected chi connectivity index (χ0v) is 18.1. The van der Waals surface area contributed by atoms with Crippen molar-refractivity contribution in [2.45, 2.75) is 23.9 Å². The quantitative estimate of drug-likeness (QED) is 0.706. The zero-order chi connectivity index (χ0) is 22.9. The topological polar surface area (TPSA) is 61.9 Å². The number of methoxy groups -OCH3 is 1. The van der Waals surface area contributed by atoms with Crippen molar-refractivity contribution in [1.29, 1.82) is 0 Å². The molecule has 32 heavy (non-hydrogen) atoms. The number of hydrogen-bond acceptors (Lipinski definition) is 4. The van der Waals surface area contributed by atoms with Crippen molar-refractivity contribution >= 4 is 35.1 Å². The molecule has 170 valence electrons. The molecule has 1 N–H and O–H groups in total. The van der Waals surface area contributed by atoms with E-state index in [1.807, 2.05) is 12.1 Å². The lowest BCUT2D eigenvalue weighted by atomic mass is 10.0. The van der Waals surface area contributed by atoms with Gasteiger partial charge in [0.05, 0.1) is 23.3 Å². The summed E-state index contributed by atoms with van der Waals surface area (Å²) in [4.78, 5) is 28.2. The molecule has 2 saturated heterocycles. The van der Waals surface area contributed by atoms with Gasteiger partial charge >= 0.3 is 12.2 Å². The molecule has 2 aliphatic heterocycles. The Bertz CT molecular complexity index is 1010. The molecule has 2 aliphatic rings. The number of likely N-dealkylation sites (tertiary alicyclic amines) is 1. The summed E-state index contributed by atoms with van der Waals surface area (Å²) in [6.07, 6.45) is -3.35. The zero-order valence-electron chi connectivity index (χ0n) is 17.3. The molecule has 4 rings (SSSR count). The Morgan fingerprint density at radius 2 is 1.81 bits per heavy atom. The number of carbonyl (C=O) groups excluding carboxylic acids is 2. The van der Waals surface area contributed by atoms with Gasteiger partial charge in [0.15, 0.2) is 0 Å². The van der Waals surface area contributed by atoms with Gasteiger partial charge in [0, 0.05) is 24.5 Å². The fraction of sp³-hybridized carbons (Fsp3) is 0.364. The molecule has 2 aromatic rings. The summed E-state index contributed by atoms with van der Waals surface area (Å²) in [7, 11) is 1.58. The maximum Gasteiger partial charge on any atom is 0.416 e. The Morgan fingerprint density at radius 1 is 1.12 bits per heavy atom. The molecule has 3 amide bonds. The molecule has 0 unspecified atom stereocenters. The molecule has 0 atom stereocenters. The fourth-order valence-electron chi connectivity index (χ4n) is 4.07. The minimum absolute atomic E-state index is 0.0158. The second-order valence-electron chi connectivity index (χ2n) is 7.66. The average molecular weight is 465 g/mol. The Balaban J connectivity index is 1.43. The summed E-state index contributed by atoms with van der Waals surface area (Å²) in [5.41, 5.74) is 0.0574. The third-order valence-electron chi connectivity index (χ3n) is 5.72. The van der Waals surface area contributed by atoms with Crippen LogP contribution in [-0.4, -0.2) is 47.7 Å². The number of halogens is 3. The number of nitrogens with zero attached hydrogens (tertiary/aromatic N) is 2. The molecule has 2 heterocycles. The van der Waals surface area contributed by atoms with Crippen LogP contribution in [0.3, 0.4) is 0 Å². The van der Waals surface area contributed by atoms with E-state index in [0.717, 1.165) is 17.8 Å². The molecule has 10 heteroatoms. The standard InChI is InChI=1S/C22H22F3N3O3S/c1-31-18-7-5-17(6-8-18)28-19(29)14-32-21(28)9-11-27(12-10-21)20(30)26-16-4-2-3-15(13-16)22(23,24)25/h2-8,13H,9-12,14H2,1H3,(H,26,30). The van der Waals surface area contributed by atoms with Crippen LogP contribution in [0.4, 0.5) is 29.3 Å². The minimum Gasteiger partial charge on any atom is -0.497 e. The Morgan fingerprint density at radius 3 is 2.44 bits per heavy atom. The van der Waals surface area contributed by atoms with E-state index < -0.39 is 22.6 Å². The normalized spacial score (nSPS) is 18.2. The van der Waals surface area contributed by atoms with Gasteiger partial charge in [-0.3, -0.25) is 9.69 Å². The lowest BCUT2D eigenvalue weighted by Crippen LogP contribution is -2.53. The average Bonchev–Trinajstić information content (AvgIpc) is 3.09. The summed E-state index contributed by atoms with van der Waals surface area (Å²) in [6, 6.07) is 11.4. The molecule has 2 fully saturated rings. The van der Waals surface area contributed by atoms with Crippen LogP contribution in [0.5, 0.6) is 5.75 Å². The van der Waals surface area contributed by atoms with Crippen LogP contribution < -0.4 is 15.0 Å². The van der Waals surface area contributed by atoms with Crippen molar-refractivity contribution in [1.82, 2.24) is 4.90 Å². The van der Waals surface area contributed by atoms with Crippen molar-refractivity contribution < 1.29 is 27.5 Å². The first kappa shape index (κ1) is 22.3. The molecular weight excluding hydrogens is 443 g/mol. The predicted molar refractivity (Wildman–Crippen MR) is 117 cm³/mol. The smallest absolute Gasteiger partial charge is 0.416 e. The highest BCUT2D eigenvalue weighted by atomic mass is 32.2. The van der Waals surface area contributed by atoms with Gasteiger partial charge in [-0.05, 0) is 55.3 Å². The van der Waals surface area contributed by atoms with Crippen molar-refractivity contribution in [3.05, 3.63) is 54.1 Å². The van der Waals surface area contributed by atoms with Gasteiger partial charge in [-0.1, -0.05) is 6.07 Å². The number of nitrogens with one attached hydrogen (secondary N) is 1. The second kappa shape index (κ2) is 8.57. The first-order valence-electron chi connectivity index (χ1n) is 10.1. The monoisotopic (exact) mass is 465 g/mol. The first-order chi connectivity index (χ1) is 15.2. The van der Waals surface area contributed by atoms with Crippen LogP contribution >= 0.6 is 11.8 Å². The van der Waals surface area contributed by atoms with Gasteiger partial charge in [0.1, 0.15) is 5.75 Å². The molecule has 0 aliphatic carbocycles. The molecule has 0 aromatic heterocycles. The predicted octanol–water partition coefficient (Wildman–Crippen LogP) is 4.82. The highest BCUT2D eigenvalue weighted by Gasteiger charge is 2.49. The molecule has 1 spiro atoms. The number of thioether (sulfide) groups is 1. The van der Waals surface area contributed by atoms with Gasteiger partial charge in [-0.25, -0.2) is 4.79 Å². The van der Waals surface area contributed by atoms with E-state index in [4.69, 9.17) is 4.74 Å². The number of rotatable bonds is 3. The third-order valence-corrected chi connectivity index (χ3v) is 7.24. The Kier molecular flexibility index (Phi) is 5.98. The second-order valence-corrected chi connectivity index (χ2v) is 9.00. The number of alkyl halides is 3. The minimum atomic E-state index is -4.48. The van der Waals surface area contributed by atoms with Crippen LogP contribution in [0.15, 0.2) is 48.5 Å². The molecule has 6 nitrogen and oxygen atoms in total. The fourth-order valence-corrected chi connectivity index (χ4v) is 5.39. The Labute approximate surface area is 187 Å². The number of hydrogen-bond donors (Lipinski definition) is 1. The molecule has 0 bridgehead atoms. The van der Waals surface area contributed by atoms with E-state index in [0.29, 0.717) is 37.4 Å². The SMILES string of the molecule is COc1ccc(N2C(=O)CSC23CCN(C(=O)Nc2cccc(C(F)(F)F)c2)CC3)cc1. The molecule has 2 aromatic carbocycles. The highest BCUT2D eigenvalue weighted by Crippen LogP contribution is 2.47. The van der Waals surface area contributed by atoms with E-state index in [1.54, 1.807) is 40.8 Å². The van der Waals surface area contributed by atoms with Crippen LogP contribution in [0.2, 0.25) is 0 Å². The lowest BCUT2D eigenvalue weighted by Gasteiger charge is -2.43. The molecule has 0 radical (unpaired) electrons. The number of anilines is 2. The summed E-state index contributed by atoms with van der Waals surface area (Å²) in [5.74, 6) is 1.08. The molecule has 0 saturated carbocycles. The number of ether oxygens (including phenoxy) is 1. The van der Waals surface area contributed by atoms with E-state index in [2.05, 4.69) is 5.32 Å². The Hall–Kier alpha value is -2.88. The van der Waals surface area contributed by atoms with E-state index in [9.17, 15) is 22.8 Å². The number of piperidine rings is 1. The van der Waals surface area contributed by atoms with Crippen LogP contribution in [0.25, 0.3) is 0 Å². The van der Waals surface area contributed by atoms with Crippen molar-refractivity contribution in [3.63, 3.8) is 0 Å². The number of benzene rings is 2. The van der Waals surface area contributed by atoms with Crippen LogP contribution in [0, 0.1) is 0 Å². The maximum atomic E-state index is 12.9. The first-order valence-corrected chi connectivity index (χ1v) is 11.0. The highest BCUT2D eigenvalue weighted by molar-refractivity contribution is 8.02. The summed E-state index contributed by atoms with van der Waals surface area (Å²) in [6.45, 7) is 0.773. The van der Waals surface area contributed by atoms with Gasteiger partial charge < -0.3 is 15.0 Å². The van der Waals surface area contributed by atoms with Gasteiger partial charge in [-0.2, -0.15) is 13.2 Å². The molecular formula is C22H22F3N3O3S. The lowest BCUT2D eigenvalue weighted by molar-refractivity contribution is -0.137. The number of urea groups is 1. The number of amides is 3. The van der Waals surface area contributed by atoms with E-state index in [1.165, 1.54) is 12.1 Å². The van der Waals surface area contributed by atoms with Gasteiger partial charge in [-0.15, -0.1) is 11.8 Å². The van der Waals surface area contributed by atoms with Crippen LogP contribution in [-0.2, 0) is 11.0 Å². The van der Waals surface area contributed by atoms with Gasteiger partial charge in [0.2, 0.25) is 5.91 Å². The largest absolute Gasteiger partial charge is 0.497 e. The van der Waals surface area contributed by atoms with Crippen molar-refractivity contribution in [2.75, 3.05) is 36.2 Å². The van der Waals surface area contributed by atoms with Crippen molar-refractivity contribution in [3.8, 4) is 5.75 Å². The van der Waals surface area contributed by atoms with E-state index in [-0.39, 0.29) is 11.6 Å². The van der Waals surface area contributed by atoms with Crippen LogP contribution in [0.1, 0.15) is 18.4 Å².